The molecule has 3 rings (SSSR count). The highest BCUT2D eigenvalue weighted by molar-refractivity contribution is 5.96. The summed E-state index contributed by atoms with van der Waals surface area (Å²) in [6.07, 6.45) is 0.0339. The number of hydrogen-bond donors (Lipinski definition) is 0. The van der Waals surface area contributed by atoms with Crippen LogP contribution >= 0.6 is 0 Å². The predicted octanol–water partition coefficient (Wildman–Crippen LogP) is 4.75. The molecule has 6 nitrogen and oxygen atoms in total. The number of halogens is 3. The van der Waals surface area contributed by atoms with E-state index in [0.717, 1.165) is 31.4 Å². The quantitative estimate of drug-likeness (QED) is 0.507. The Bertz CT molecular complexity index is 909. The van der Waals surface area contributed by atoms with E-state index >= 15 is 0 Å². The van der Waals surface area contributed by atoms with Crippen LogP contribution in [-0.2, 0) is 22.3 Å². The lowest BCUT2D eigenvalue weighted by Gasteiger charge is -2.29. The van der Waals surface area contributed by atoms with Gasteiger partial charge in [-0.2, -0.15) is 13.2 Å². The van der Waals surface area contributed by atoms with E-state index in [1.807, 2.05) is 6.92 Å². The monoisotopic (exact) mass is 466 g/mol. The van der Waals surface area contributed by atoms with Gasteiger partial charge in [-0.1, -0.05) is 19.4 Å². The van der Waals surface area contributed by atoms with E-state index in [1.165, 1.54) is 23.3 Å². The summed E-state index contributed by atoms with van der Waals surface area (Å²) in [5.41, 5.74) is -0.988. The Labute approximate surface area is 191 Å². The van der Waals surface area contributed by atoms with Crippen molar-refractivity contribution in [3.05, 3.63) is 59.5 Å². The maximum atomic E-state index is 13.2. The Kier molecular flexibility index (Phi) is 8.55. The third-order valence-electron chi connectivity index (χ3n) is 5.56. The minimum Gasteiger partial charge on any atom is -0.467 e. The van der Waals surface area contributed by atoms with Gasteiger partial charge in [-0.15, -0.1) is 0 Å². The molecule has 0 N–H and O–H groups in total. The van der Waals surface area contributed by atoms with Crippen LogP contribution in [0.25, 0.3) is 0 Å². The summed E-state index contributed by atoms with van der Waals surface area (Å²) in [7, 11) is 0. The van der Waals surface area contributed by atoms with Crippen LogP contribution < -0.4 is 0 Å². The van der Waals surface area contributed by atoms with Crippen LogP contribution in [-0.4, -0.2) is 54.0 Å². The van der Waals surface area contributed by atoms with Gasteiger partial charge in [0.15, 0.2) is 0 Å². The Morgan fingerprint density at radius 3 is 2.61 bits per heavy atom. The number of rotatable bonds is 10. The Morgan fingerprint density at radius 1 is 1.15 bits per heavy atom. The molecule has 1 atom stereocenters. The molecule has 0 aliphatic carbocycles. The molecule has 180 valence electrons. The summed E-state index contributed by atoms with van der Waals surface area (Å²) in [5, 5.41) is 0. The fourth-order valence-corrected chi connectivity index (χ4v) is 3.76. The second-order valence-corrected chi connectivity index (χ2v) is 8.15. The molecule has 2 heterocycles. The third kappa shape index (κ3) is 7.08. The van der Waals surface area contributed by atoms with Gasteiger partial charge >= 0.3 is 6.18 Å². The molecule has 1 aromatic heterocycles. The van der Waals surface area contributed by atoms with Gasteiger partial charge in [-0.3, -0.25) is 9.59 Å². The van der Waals surface area contributed by atoms with Crippen molar-refractivity contribution in [3.63, 3.8) is 0 Å². The van der Waals surface area contributed by atoms with Gasteiger partial charge in [-0.05, 0) is 49.6 Å². The Morgan fingerprint density at radius 2 is 1.97 bits per heavy atom. The van der Waals surface area contributed by atoms with Crippen LogP contribution in [0.3, 0.4) is 0 Å². The molecule has 1 aliphatic heterocycles. The van der Waals surface area contributed by atoms with Gasteiger partial charge in [0.1, 0.15) is 12.3 Å². The lowest BCUT2D eigenvalue weighted by atomic mass is 10.1. The molecule has 1 aliphatic rings. The van der Waals surface area contributed by atoms with Crippen LogP contribution in [0.5, 0.6) is 0 Å². The number of furan rings is 1. The van der Waals surface area contributed by atoms with E-state index in [4.69, 9.17) is 9.15 Å². The SMILES string of the molecule is CCCCN(CC(=O)N(Cc1ccco1)CC1CCCO1)C(=O)c1cccc(C(F)(F)F)c1. The number of carbonyl (C=O) groups is 2. The van der Waals surface area contributed by atoms with Gasteiger partial charge < -0.3 is 19.0 Å². The fraction of sp³-hybridized carbons (Fsp3) is 0.500. The average Bonchev–Trinajstić information content (AvgIpc) is 3.49. The Hall–Kier alpha value is -2.81. The molecule has 1 fully saturated rings. The zero-order valence-corrected chi connectivity index (χ0v) is 18.6. The van der Waals surface area contributed by atoms with Crippen molar-refractivity contribution in [1.82, 2.24) is 9.80 Å². The number of hydrogen-bond acceptors (Lipinski definition) is 4. The maximum absolute atomic E-state index is 13.2. The summed E-state index contributed by atoms with van der Waals surface area (Å²) in [4.78, 5) is 29.3. The highest BCUT2D eigenvalue weighted by atomic mass is 19.4. The number of nitrogens with zero attached hydrogens (tertiary/aromatic N) is 2. The number of carbonyl (C=O) groups excluding carboxylic acids is 2. The molecule has 1 aromatic carbocycles. The van der Waals surface area contributed by atoms with Crippen LogP contribution in [0.1, 0.15) is 54.3 Å². The number of unbranched alkanes of at least 4 members (excludes halogenated alkanes) is 1. The van der Waals surface area contributed by atoms with Crippen molar-refractivity contribution < 1.29 is 31.9 Å². The molecule has 0 bridgehead atoms. The van der Waals surface area contributed by atoms with Crippen LogP contribution in [0.2, 0.25) is 0 Å². The van der Waals surface area contributed by atoms with Gasteiger partial charge in [0.2, 0.25) is 5.91 Å². The molecule has 1 unspecified atom stereocenters. The highest BCUT2D eigenvalue weighted by Gasteiger charge is 2.32. The van der Waals surface area contributed by atoms with Crippen LogP contribution in [0.4, 0.5) is 13.2 Å². The lowest BCUT2D eigenvalue weighted by Crippen LogP contribution is -2.45. The first-order chi connectivity index (χ1) is 15.8. The van der Waals surface area contributed by atoms with E-state index in [1.54, 1.807) is 17.0 Å². The van der Waals surface area contributed by atoms with Crippen molar-refractivity contribution in [2.45, 2.75) is 51.4 Å². The van der Waals surface area contributed by atoms with Gasteiger partial charge in [0, 0.05) is 25.3 Å². The predicted molar refractivity (Wildman–Crippen MR) is 115 cm³/mol. The van der Waals surface area contributed by atoms with Crippen molar-refractivity contribution in [2.75, 3.05) is 26.2 Å². The normalized spacial score (nSPS) is 16.1. The van der Waals surface area contributed by atoms with Crippen LogP contribution in [0, 0.1) is 0 Å². The first-order valence-electron chi connectivity index (χ1n) is 11.2. The highest BCUT2D eigenvalue weighted by Crippen LogP contribution is 2.29. The van der Waals surface area contributed by atoms with Crippen molar-refractivity contribution in [3.8, 4) is 0 Å². The summed E-state index contributed by atoms with van der Waals surface area (Å²) >= 11 is 0. The maximum Gasteiger partial charge on any atom is 0.416 e. The van der Waals surface area contributed by atoms with Crippen molar-refractivity contribution >= 4 is 11.8 Å². The Balaban J connectivity index is 1.77. The molecule has 0 saturated carbocycles. The number of ether oxygens (including phenoxy) is 1. The fourth-order valence-electron chi connectivity index (χ4n) is 3.76. The first-order valence-corrected chi connectivity index (χ1v) is 11.2. The van der Waals surface area contributed by atoms with E-state index in [2.05, 4.69) is 0 Å². The van der Waals surface area contributed by atoms with Crippen LogP contribution in [0.15, 0.2) is 47.1 Å². The molecular weight excluding hydrogens is 437 g/mol. The van der Waals surface area contributed by atoms with E-state index in [0.29, 0.717) is 25.3 Å². The summed E-state index contributed by atoms with van der Waals surface area (Å²) in [6.45, 7) is 3.21. The smallest absolute Gasteiger partial charge is 0.416 e. The van der Waals surface area contributed by atoms with E-state index < -0.39 is 17.6 Å². The summed E-state index contributed by atoms with van der Waals surface area (Å²) < 4.78 is 50.4. The van der Waals surface area contributed by atoms with Gasteiger partial charge in [0.05, 0.1) is 24.5 Å². The average molecular weight is 467 g/mol. The third-order valence-corrected chi connectivity index (χ3v) is 5.56. The zero-order chi connectivity index (χ0) is 23.8. The number of alkyl halides is 3. The molecule has 1 saturated heterocycles. The minimum atomic E-state index is -4.55. The molecule has 0 radical (unpaired) electrons. The number of amides is 2. The molecular formula is C24H29F3N2O4. The van der Waals surface area contributed by atoms with Gasteiger partial charge in [0.25, 0.3) is 5.91 Å². The van der Waals surface area contributed by atoms with Gasteiger partial charge in [-0.25, -0.2) is 0 Å². The largest absolute Gasteiger partial charge is 0.467 e. The molecule has 9 heteroatoms. The second kappa shape index (κ2) is 11.4. The standard InChI is InChI=1S/C24H29F3N2O4/c1-2-3-11-28(23(31)18-7-4-8-19(14-18)24(25,26)27)17-22(30)29(15-20-9-5-12-32-20)16-21-10-6-13-33-21/h4-5,7-9,12,14,21H,2-3,6,10-11,13,15-17H2,1H3. The first kappa shape index (κ1) is 24.8. The summed E-state index contributed by atoms with van der Waals surface area (Å²) in [6, 6.07) is 7.79. The molecule has 0 spiro atoms. The van der Waals surface area contributed by atoms with E-state index in [-0.39, 0.29) is 37.2 Å². The van der Waals surface area contributed by atoms with E-state index in [9.17, 15) is 22.8 Å². The topological polar surface area (TPSA) is 63.0 Å². The molecule has 33 heavy (non-hydrogen) atoms. The minimum absolute atomic E-state index is 0.0906. The summed E-state index contributed by atoms with van der Waals surface area (Å²) in [5.74, 6) is -0.304. The number of benzene rings is 1. The van der Waals surface area contributed by atoms with Crippen molar-refractivity contribution in [1.29, 1.82) is 0 Å². The lowest BCUT2D eigenvalue weighted by molar-refractivity contribution is -0.137. The second-order valence-electron chi connectivity index (χ2n) is 8.15. The molecule has 2 aromatic rings. The molecule has 2 amide bonds. The zero-order valence-electron chi connectivity index (χ0n) is 18.6. The van der Waals surface area contributed by atoms with Crippen molar-refractivity contribution in [2.24, 2.45) is 0 Å².